The number of fused-ring (bicyclic) bond motifs is 1. The van der Waals surface area contributed by atoms with Crippen LogP contribution in [0.2, 0.25) is 4.34 Å². The number of hydrogen-bond donors (Lipinski definition) is 0. The Hall–Kier alpha value is -1.75. The van der Waals surface area contributed by atoms with Gasteiger partial charge in [-0.1, -0.05) is 29.0 Å². The van der Waals surface area contributed by atoms with Crippen LogP contribution in [0.4, 0.5) is 4.39 Å². The van der Waals surface area contributed by atoms with Gasteiger partial charge in [-0.05, 0) is 31.2 Å². The zero-order chi connectivity index (χ0) is 18.9. The largest absolute Gasteiger partial charge is 0.465 e. The Morgan fingerprint density at radius 1 is 1.31 bits per heavy atom. The summed E-state index contributed by atoms with van der Waals surface area (Å²) in [5.41, 5.74) is 0.101. The number of ether oxygens (including phenoxy) is 1. The Labute approximate surface area is 161 Å². The highest BCUT2D eigenvalue weighted by Crippen LogP contribution is 2.27. The molecule has 0 spiro atoms. The van der Waals surface area contributed by atoms with Gasteiger partial charge in [0.2, 0.25) is 4.80 Å². The number of thiophene rings is 1. The van der Waals surface area contributed by atoms with E-state index in [2.05, 4.69) is 4.40 Å². The molecule has 3 aromatic rings. The van der Waals surface area contributed by atoms with E-state index in [0.717, 1.165) is 22.7 Å². The molecule has 26 heavy (non-hydrogen) atoms. The molecule has 0 atom stereocenters. The van der Waals surface area contributed by atoms with Crippen LogP contribution in [0.3, 0.4) is 0 Å². The highest BCUT2D eigenvalue weighted by Gasteiger charge is 2.19. The Morgan fingerprint density at radius 2 is 2.08 bits per heavy atom. The van der Waals surface area contributed by atoms with Crippen molar-refractivity contribution in [3.8, 4) is 0 Å². The van der Waals surface area contributed by atoms with Crippen LogP contribution in [0.1, 0.15) is 6.92 Å². The number of halogens is 2. The van der Waals surface area contributed by atoms with Crippen LogP contribution in [-0.4, -0.2) is 25.6 Å². The highest BCUT2D eigenvalue weighted by molar-refractivity contribution is 7.92. The third-order valence-corrected chi connectivity index (χ3v) is 7.37. The van der Waals surface area contributed by atoms with Crippen molar-refractivity contribution in [3.63, 3.8) is 0 Å². The maximum Gasteiger partial charge on any atom is 0.326 e. The van der Waals surface area contributed by atoms with Gasteiger partial charge in [0.05, 0.1) is 21.2 Å². The van der Waals surface area contributed by atoms with Crippen LogP contribution in [0, 0.1) is 5.82 Å². The SMILES string of the molecule is CCOC(=O)Cn1c(=NS(=O)(=O)c2ccc(Cl)s2)sc2cccc(F)c21. The lowest BCUT2D eigenvalue weighted by Gasteiger charge is -2.05. The average Bonchev–Trinajstić information content (AvgIpc) is 3.13. The lowest BCUT2D eigenvalue weighted by Crippen LogP contribution is -2.23. The van der Waals surface area contributed by atoms with Crippen molar-refractivity contribution in [2.45, 2.75) is 17.7 Å². The molecule has 2 heterocycles. The Morgan fingerprint density at radius 3 is 2.73 bits per heavy atom. The number of sulfonamides is 1. The molecule has 0 amide bonds. The minimum absolute atomic E-state index is 0.0253. The molecule has 0 unspecified atom stereocenters. The summed E-state index contributed by atoms with van der Waals surface area (Å²) in [7, 11) is -4.05. The fraction of sp³-hybridized carbons (Fsp3) is 0.200. The van der Waals surface area contributed by atoms with Crippen molar-refractivity contribution in [2.24, 2.45) is 4.40 Å². The van der Waals surface area contributed by atoms with Gasteiger partial charge in [-0.25, -0.2) is 4.39 Å². The highest BCUT2D eigenvalue weighted by atomic mass is 35.5. The van der Waals surface area contributed by atoms with Gasteiger partial charge in [0.1, 0.15) is 16.6 Å². The van der Waals surface area contributed by atoms with Gasteiger partial charge in [0.15, 0.2) is 0 Å². The first-order valence-corrected chi connectivity index (χ1v) is 10.8. The molecule has 0 aliphatic carbocycles. The fourth-order valence-corrected chi connectivity index (χ4v) is 5.93. The minimum Gasteiger partial charge on any atom is -0.465 e. The van der Waals surface area contributed by atoms with Gasteiger partial charge >= 0.3 is 5.97 Å². The first-order chi connectivity index (χ1) is 12.3. The van der Waals surface area contributed by atoms with E-state index in [9.17, 15) is 17.6 Å². The summed E-state index contributed by atoms with van der Waals surface area (Å²) in [5.74, 6) is -1.20. The molecule has 0 fully saturated rings. The van der Waals surface area contributed by atoms with Crippen molar-refractivity contribution in [1.29, 1.82) is 0 Å². The van der Waals surface area contributed by atoms with Gasteiger partial charge in [-0.3, -0.25) is 4.79 Å². The number of nitrogens with zero attached hydrogens (tertiary/aromatic N) is 2. The van der Waals surface area contributed by atoms with Crippen molar-refractivity contribution >= 4 is 60.5 Å². The number of carbonyl (C=O) groups excluding carboxylic acids is 1. The maximum atomic E-state index is 14.3. The molecule has 3 rings (SSSR count). The van der Waals surface area contributed by atoms with Crippen LogP contribution in [-0.2, 0) is 26.1 Å². The van der Waals surface area contributed by atoms with E-state index in [-0.39, 0.29) is 27.7 Å². The summed E-state index contributed by atoms with van der Waals surface area (Å²) >= 11 is 7.62. The van der Waals surface area contributed by atoms with Crippen molar-refractivity contribution in [2.75, 3.05) is 6.61 Å². The van der Waals surface area contributed by atoms with Crippen molar-refractivity contribution < 1.29 is 22.3 Å². The smallest absolute Gasteiger partial charge is 0.326 e. The topological polar surface area (TPSA) is 77.7 Å². The molecule has 0 radical (unpaired) electrons. The lowest BCUT2D eigenvalue weighted by molar-refractivity contribution is -0.143. The van der Waals surface area contributed by atoms with Crippen molar-refractivity contribution in [3.05, 3.63) is 45.3 Å². The zero-order valence-electron chi connectivity index (χ0n) is 13.3. The van der Waals surface area contributed by atoms with Gasteiger partial charge in [-0.15, -0.1) is 15.7 Å². The molecule has 0 N–H and O–H groups in total. The van der Waals surface area contributed by atoms with Crippen molar-refractivity contribution in [1.82, 2.24) is 4.57 Å². The van der Waals surface area contributed by atoms with Gasteiger partial charge in [0, 0.05) is 0 Å². The summed E-state index contributed by atoms with van der Waals surface area (Å²) < 4.78 is 49.9. The summed E-state index contributed by atoms with van der Waals surface area (Å²) in [6.45, 7) is 1.45. The molecule has 11 heteroatoms. The minimum atomic E-state index is -4.05. The van der Waals surface area contributed by atoms with Crippen LogP contribution in [0.15, 0.2) is 38.9 Å². The van der Waals surface area contributed by atoms with Gasteiger partial charge in [-0.2, -0.15) is 8.42 Å². The normalized spacial score (nSPS) is 12.7. The standard InChI is InChI=1S/C15H12ClFN2O4S3/c1-2-23-12(20)8-19-14-9(17)4-3-5-10(14)24-15(19)18-26(21,22)13-7-6-11(16)25-13/h3-7H,2,8H2,1H3. The van der Waals surface area contributed by atoms with Crippen LogP contribution >= 0.6 is 34.3 Å². The Balaban J connectivity index is 2.22. The maximum absolute atomic E-state index is 14.3. The molecule has 1 aromatic carbocycles. The second-order valence-electron chi connectivity index (χ2n) is 4.99. The first kappa shape index (κ1) is 19.0. The number of aromatic nitrogens is 1. The fourth-order valence-electron chi connectivity index (χ4n) is 2.22. The summed E-state index contributed by atoms with van der Waals surface area (Å²) in [5, 5.41) is 0. The second kappa shape index (κ2) is 7.47. The molecule has 2 aromatic heterocycles. The molecular formula is C15H12ClFN2O4S3. The number of para-hydroxylation sites is 1. The Bertz CT molecular complexity index is 1150. The van der Waals surface area contributed by atoms with E-state index >= 15 is 0 Å². The van der Waals surface area contributed by atoms with Crippen LogP contribution < -0.4 is 4.80 Å². The molecule has 0 bridgehead atoms. The Kier molecular flexibility index (Phi) is 5.47. The number of carbonyl (C=O) groups is 1. The average molecular weight is 435 g/mol. The molecule has 0 saturated carbocycles. The van der Waals surface area contributed by atoms with E-state index in [0.29, 0.717) is 9.04 Å². The van der Waals surface area contributed by atoms with E-state index < -0.39 is 21.8 Å². The summed E-state index contributed by atoms with van der Waals surface area (Å²) in [6, 6.07) is 7.15. The number of esters is 1. The third-order valence-electron chi connectivity index (χ3n) is 3.25. The molecule has 138 valence electrons. The zero-order valence-corrected chi connectivity index (χ0v) is 16.5. The summed E-state index contributed by atoms with van der Waals surface area (Å²) in [6.07, 6.45) is 0. The third kappa shape index (κ3) is 3.83. The first-order valence-electron chi connectivity index (χ1n) is 7.31. The predicted octanol–water partition coefficient (Wildman–Crippen LogP) is 3.41. The summed E-state index contributed by atoms with van der Waals surface area (Å²) in [4.78, 5) is 11.9. The number of hydrogen-bond acceptors (Lipinski definition) is 6. The number of thiazole rings is 1. The molecule has 0 aliphatic rings. The van der Waals surface area contributed by atoms with Gasteiger partial charge < -0.3 is 9.30 Å². The monoisotopic (exact) mass is 434 g/mol. The number of rotatable bonds is 5. The quantitative estimate of drug-likeness (QED) is 0.576. The molecular weight excluding hydrogens is 423 g/mol. The van der Waals surface area contributed by atoms with Crippen LogP contribution in [0.25, 0.3) is 10.2 Å². The number of benzene rings is 1. The molecule has 6 nitrogen and oxygen atoms in total. The molecule has 0 aliphatic heterocycles. The predicted molar refractivity (Wildman–Crippen MR) is 98.5 cm³/mol. The van der Waals surface area contributed by atoms with Gasteiger partial charge in [0.25, 0.3) is 10.0 Å². The molecule has 0 saturated heterocycles. The lowest BCUT2D eigenvalue weighted by atomic mass is 10.3. The van der Waals surface area contributed by atoms with E-state index in [1.54, 1.807) is 13.0 Å². The van der Waals surface area contributed by atoms with Crippen LogP contribution in [0.5, 0.6) is 0 Å². The van der Waals surface area contributed by atoms with E-state index in [1.807, 2.05) is 0 Å². The van der Waals surface area contributed by atoms with E-state index in [4.69, 9.17) is 16.3 Å². The second-order valence-corrected chi connectivity index (χ2v) is 9.54. The van der Waals surface area contributed by atoms with E-state index in [1.165, 1.54) is 28.8 Å².